The van der Waals surface area contributed by atoms with Crippen molar-refractivity contribution in [3.63, 3.8) is 0 Å². The number of hydrogen-bond donors (Lipinski definition) is 0. The maximum Gasteiger partial charge on any atom is 0.243 e. The van der Waals surface area contributed by atoms with E-state index in [1.807, 2.05) is 4.68 Å². The number of rotatable bonds is 6. The summed E-state index contributed by atoms with van der Waals surface area (Å²) in [7, 11) is -2.06. The summed E-state index contributed by atoms with van der Waals surface area (Å²) in [4.78, 5) is 4.50. The lowest BCUT2D eigenvalue weighted by molar-refractivity contribution is 0.381. The summed E-state index contributed by atoms with van der Waals surface area (Å²) in [6.07, 6.45) is 6.01. The van der Waals surface area contributed by atoms with Gasteiger partial charge in [-0.1, -0.05) is 0 Å². The van der Waals surface area contributed by atoms with Gasteiger partial charge in [0.15, 0.2) is 6.39 Å². The fourth-order valence-corrected chi connectivity index (χ4v) is 5.21. The Morgan fingerprint density at radius 2 is 2.03 bits per heavy atom. The molecule has 2 aliphatic rings. The molecular formula is C20H22N4O4S. The van der Waals surface area contributed by atoms with Gasteiger partial charge in [-0.3, -0.25) is 4.68 Å². The highest BCUT2D eigenvalue weighted by Gasteiger charge is 2.34. The summed E-state index contributed by atoms with van der Waals surface area (Å²) in [5.74, 6) is 1.30. The van der Waals surface area contributed by atoms with Crippen LogP contribution in [0.25, 0.3) is 11.4 Å². The zero-order valence-corrected chi connectivity index (χ0v) is 16.9. The molecule has 1 fully saturated rings. The zero-order chi connectivity index (χ0) is 20.0. The van der Waals surface area contributed by atoms with E-state index in [4.69, 9.17) is 14.3 Å². The van der Waals surface area contributed by atoms with Crippen LogP contribution in [0.4, 0.5) is 0 Å². The maximum absolute atomic E-state index is 13.2. The molecule has 0 atom stereocenters. The van der Waals surface area contributed by atoms with Crippen molar-refractivity contribution in [2.75, 3.05) is 13.7 Å². The maximum atomic E-state index is 13.2. The van der Waals surface area contributed by atoms with E-state index >= 15 is 0 Å². The van der Waals surface area contributed by atoms with Crippen molar-refractivity contribution in [2.24, 2.45) is 5.92 Å². The minimum Gasteiger partial charge on any atom is -0.497 e. The molecule has 0 unspecified atom stereocenters. The van der Waals surface area contributed by atoms with Gasteiger partial charge < -0.3 is 9.15 Å². The summed E-state index contributed by atoms with van der Waals surface area (Å²) >= 11 is 0. The molecule has 3 aromatic rings. The SMILES string of the molecule is COc1ccc(S(=O)(=O)N2CCc3c(c(-c4cocn4)nn3CC3CC3)C2)cc1. The summed E-state index contributed by atoms with van der Waals surface area (Å²) < 4.78 is 40.3. The minimum atomic E-state index is -3.62. The van der Waals surface area contributed by atoms with Crippen molar-refractivity contribution in [3.8, 4) is 17.1 Å². The quantitative estimate of drug-likeness (QED) is 0.616. The fraction of sp³-hybridized carbons (Fsp3) is 0.400. The zero-order valence-electron chi connectivity index (χ0n) is 16.1. The Bertz CT molecular complexity index is 1120. The van der Waals surface area contributed by atoms with Crippen LogP contribution in [0, 0.1) is 5.92 Å². The molecule has 2 aromatic heterocycles. The second kappa shape index (κ2) is 7.00. The first-order valence-electron chi connectivity index (χ1n) is 9.67. The van der Waals surface area contributed by atoms with Gasteiger partial charge in [0, 0.05) is 37.3 Å². The van der Waals surface area contributed by atoms with E-state index in [0.29, 0.717) is 36.0 Å². The van der Waals surface area contributed by atoms with E-state index in [1.165, 1.54) is 23.5 Å². The predicted molar refractivity (Wildman–Crippen MR) is 105 cm³/mol. The molecule has 0 amide bonds. The van der Waals surface area contributed by atoms with Gasteiger partial charge in [-0.15, -0.1) is 0 Å². The normalized spacial score (nSPS) is 17.3. The van der Waals surface area contributed by atoms with Crippen molar-refractivity contribution in [1.29, 1.82) is 0 Å². The van der Waals surface area contributed by atoms with Crippen LogP contribution in [0.3, 0.4) is 0 Å². The van der Waals surface area contributed by atoms with Gasteiger partial charge in [0.25, 0.3) is 0 Å². The standard InChI is InChI=1S/C20H22N4O4S/c1-27-15-4-6-16(7-5-15)29(25,26)23-9-8-19-17(11-23)20(18-12-28-13-21-18)22-24(19)10-14-2-3-14/h4-7,12-14H,2-3,8-11H2,1H3. The number of sulfonamides is 1. The van der Waals surface area contributed by atoms with Crippen molar-refractivity contribution in [1.82, 2.24) is 19.1 Å². The third kappa shape index (κ3) is 3.34. The number of oxazole rings is 1. The lowest BCUT2D eigenvalue weighted by Crippen LogP contribution is -2.36. The second-order valence-corrected chi connectivity index (χ2v) is 9.48. The van der Waals surface area contributed by atoms with E-state index in [9.17, 15) is 8.42 Å². The van der Waals surface area contributed by atoms with Crippen molar-refractivity contribution in [3.05, 3.63) is 48.2 Å². The summed E-state index contributed by atoms with van der Waals surface area (Å²) in [6.45, 7) is 1.58. The van der Waals surface area contributed by atoms with Gasteiger partial charge in [0.1, 0.15) is 23.4 Å². The first-order chi connectivity index (χ1) is 14.1. The highest BCUT2D eigenvalue weighted by atomic mass is 32.2. The lowest BCUT2D eigenvalue weighted by atomic mass is 10.1. The smallest absolute Gasteiger partial charge is 0.243 e. The Hall–Kier alpha value is -2.65. The lowest BCUT2D eigenvalue weighted by Gasteiger charge is -2.27. The van der Waals surface area contributed by atoms with Crippen molar-refractivity contribution >= 4 is 10.0 Å². The first kappa shape index (κ1) is 18.4. The number of benzene rings is 1. The molecule has 9 heteroatoms. The van der Waals surface area contributed by atoms with E-state index in [0.717, 1.165) is 17.8 Å². The molecule has 0 radical (unpaired) electrons. The van der Waals surface area contributed by atoms with Crippen LogP contribution in [-0.2, 0) is 29.5 Å². The van der Waals surface area contributed by atoms with Gasteiger partial charge in [0.05, 0.1) is 12.0 Å². The Morgan fingerprint density at radius 3 is 2.69 bits per heavy atom. The van der Waals surface area contributed by atoms with Gasteiger partial charge in [-0.2, -0.15) is 9.40 Å². The Kier molecular flexibility index (Phi) is 4.44. The number of hydrogen-bond acceptors (Lipinski definition) is 6. The molecule has 0 bridgehead atoms. The molecule has 152 valence electrons. The van der Waals surface area contributed by atoms with Crippen LogP contribution in [0.2, 0.25) is 0 Å². The number of ether oxygens (including phenoxy) is 1. The Morgan fingerprint density at radius 1 is 1.24 bits per heavy atom. The molecule has 1 saturated carbocycles. The molecule has 1 aliphatic carbocycles. The first-order valence-corrected chi connectivity index (χ1v) is 11.1. The minimum absolute atomic E-state index is 0.259. The molecule has 0 spiro atoms. The third-order valence-corrected chi connectivity index (χ3v) is 7.46. The highest BCUT2D eigenvalue weighted by Crippen LogP contribution is 2.35. The highest BCUT2D eigenvalue weighted by molar-refractivity contribution is 7.89. The molecule has 1 aromatic carbocycles. The van der Waals surface area contributed by atoms with E-state index < -0.39 is 10.0 Å². The number of nitrogens with zero attached hydrogens (tertiary/aromatic N) is 4. The van der Waals surface area contributed by atoms with E-state index in [2.05, 4.69) is 4.98 Å². The van der Waals surface area contributed by atoms with Gasteiger partial charge in [-0.05, 0) is 43.0 Å². The topological polar surface area (TPSA) is 90.5 Å². The van der Waals surface area contributed by atoms with Crippen molar-refractivity contribution in [2.45, 2.75) is 37.2 Å². The van der Waals surface area contributed by atoms with E-state index in [-0.39, 0.29) is 11.4 Å². The van der Waals surface area contributed by atoms with Crippen LogP contribution in [0.5, 0.6) is 5.75 Å². The number of methoxy groups -OCH3 is 1. The average Bonchev–Trinajstić information content (AvgIpc) is 3.25. The van der Waals surface area contributed by atoms with Crippen LogP contribution >= 0.6 is 0 Å². The molecule has 29 heavy (non-hydrogen) atoms. The van der Waals surface area contributed by atoms with Crippen molar-refractivity contribution < 1.29 is 17.6 Å². The molecular weight excluding hydrogens is 392 g/mol. The summed E-state index contributed by atoms with van der Waals surface area (Å²) in [6, 6.07) is 6.49. The predicted octanol–water partition coefficient (Wildman–Crippen LogP) is 2.70. The Labute approximate surface area is 169 Å². The van der Waals surface area contributed by atoms with E-state index in [1.54, 1.807) is 37.6 Å². The monoisotopic (exact) mass is 414 g/mol. The molecule has 0 N–H and O–H groups in total. The molecule has 0 saturated heterocycles. The van der Waals surface area contributed by atoms with Crippen LogP contribution in [0.1, 0.15) is 24.1 Å². The van der Waals surface area contributed by atoms with Crippen LogP contribution < -0.4 is 4.74 Å². The van der Waals surface area contributed by atoms with Gasteiger partial charge in [0.2, 0.25) is 10.0 Å². The molecule has 8 nitrogen and oxygen atoms in total. The average molecular weight is 414 g/mol. The summed E-state index contributed by atoms with van der Waals surface area (Å²) in [5, 5.41) is 4.78. The third-order valence-electron chi connectivity index (χ3n) is 5.60. The van der Waals surface area contributed by atoms with Gasteiger partial charge in [-0.25, -0.2) is 13.4 Å². The Balaban J connectivity index is 1.50. The second-order valence-electron chi connectivity index (χ2n) is 7.54. The molecule has 1 aliphatic heterocycles. The number of fused-ring (bicyclic) bond motifs is 1. The number of aromatic nitrogens is 3. The fourth-order valence-electron chi connectivity index (χ4n) is 3.80. The molecule has 3 heterocycles. The summed E-state index contributed by atoms with van der Waals surface area (Å²) in [5.41, 5.74) is 3.38. The molecule has 5 rings (SSSR count). The largest absolute Gasteiger partial charge is 0.497 e. The van der Waals surface area contributed by atoms with Crippen LogP contribution in [-0.4, -0.2) is 41.1 Å². The van der Waals surface area contributed by atoms with Gasteiger partial charge >= 0.3 is 0 Å². The van der Waals surface area contributed by atoms with Crippen LogP contribution in [0.15, 0.2) is 46.2 Å².